The SMILES string of the molecule is Cc1nsc(N(C)CCC(N)=S)n1. The van der Waals surface area contributed by atoms with Crippen LogP contribution in [0, 0.1) is 6.92 Å². The standard InChI is InChI=1S/C7H12N4S2/c1-5-9-7(13-10-5)11(2)4-3-6(8)12/h3-4H2,1-2H3,(H2,8,12). The summed E-state index contributed by atoms with van der Waals surface area (Å²) in [7, 11) is 1.96. The second-order valence-corrected chi connectivity index (χ2v) is 4.02. The predicted octanol–water partition coefficient (Wildman–Crippen LogP) is 0.959. The van der Waals surface area contributed by atoms with Gasteiger partial charge in [-0.05, 0) is 6.92 Å². The molecular weight excluding hydrogens is 204 g/mol. The number of aryl methyl sites for hydroxylation is 1. The van der Waals surface area contributed by atoms with Crippen molar-refractivity contribution in [2.75, 3.05) is 18.5 Å². The van der Waals surface area contributed by atoms with E-state index >= 15 is 0 Å². The molecule has 1 heterocycles. The number of nitrogens with two attached hydrogens (primary N) is 1. The minimum absolute atomic E-state index is 0.535. The van der Waals surface area contributed by atoms with Crippen LogP contribution >= 0.6 is 23.8 Å². The van der Waals surface area contributed by atoms with Gasteiger partial charge >= 0.3 is 0 Å². The zero-order chi connectivity index (χ0) is 9.84. The summed E-state index contributed by atoms with van der Waals surface area (Å²) in [5, 5.41) is 0.911. The fraction of sp³-hybridized carbons (Fsp3) is 0.571. The van der Waals surface area contributed by atoms with E-state index in [1.807, 2.05) is 18.9 Å². The number of anilines is 1. The maximum Gasteiger partial charge on any atom is 0.204 e. The van der Waals surface area contributed by atoms with Crippen LogP contribution in [0.3, 0.4) is 0 Å². The molecule has 0 aliphatic rings. The predicted molar refractivity (Wildman–Crippen MR) is 59.3 cm³/mol. The van der Waals surface area contributed by atoms with Crippen LogP contribution in [0.4, 0.5) is 5.13 Å². The lowest BCUT2D eigenvalue weighted by Gasteiger charge is -2.13. The van der Waals surface area contributed by atoms with E-state index in [9.17, 15) is 0 Å². The first-order valence-electron chi connectivity index (χ1n) is 3.89. The molecule has 2 N–H and O–H groups in total. The summed E-state index contributed by atoms with van der Waals surface area (Å²) in [4.78, 5) is 6.78. The van der Waals surface area contributed by atoms with Gasteiger partial charge in [0.2, 0.25) is 5.13 Å². The van der Waals surface area contributed by atoms with Gasteiger partial charge in [-0.15, -0.1) is 0 Å². The normalized spacial score (nSPS) is 10.0. The number of aromatic nitrogens is 2. The van der Waals surface area contributed by atoms with E-state index in [0.717, 1.165) is 17.5 Å². The molecule has 1 rings (SSSR count). The van der Waals surface area contributed by atoms with Gasteiger partial charge < -0.3 is 10.6 Å². The average Bonchev–Trinajstić information content (AvgIpc) is 2.47. The summed E-state index contributed by atoms with van der Waals surface area (Å²) >= 11 is 6.18. The summed E-state index contributed by atoms with van der Waals surface area (Å²) < 4.78 is 4.09. The number of rotatable bonds is 4. The highest BCUT2D eigenvalue weighted by molar-refractivity contribution is 7.80. The molecule has 0 aliphatic heterocycles. The third kappa shape index (κ3) is 3.23. The molecule has 0 saturated heterocycles. The van der Waals surface area contributed by atoms with E-state index in [1.54, 1.807) is 0 Å². The zero-order valence-corrected chi connectivity index (χ0v) is 9.28. The van der Waals surface area contributed by atoms with E-state index in [0.29, 0.717) is 11.4 Å². The second kappa shape index (κ2) is 4.48. The first kappa shape index (κ1) is 10.3. The van der Waals surface area contributed by atoms with Gasteiger partial charge in [0.15, 0.2) is 0 Å². The number of nitrogens with zero attached hydrogens (tertiary/aromatic N) is 3. The molecule has 6 heteroatoms. The Bertz CT molecular complexity index is 296. The highest BCUT2D eigenvalue weighted by atomic mass is 32.1. The monoisotopic (exact) mass is 216 g/mol. The Hall–Kier alpha value is -0.750. The summed E-state index contributed by atoms with van der Waals surface area (Å²) in [6.07, 6.45) is 0.713. The van der Waals surface area contributed by atoms with Crippen molar-refractivity contribution in [3.8, 4) is 0 Å². The lowest BCUT2D eigenvalue weighted by Crippen LogP contribution is -2.23. The van der Waals surface area contributed by atoms with Gasteiger partial charge in [-0.2, -0.15) is 4.37 Å². The Morgan fingerprint density at radius 3 is 2.85 bits per heavy atom. The zero-order valence-electron chi connectivity index (χ0n) is 7.65. The van der Waals surface area contributed by atoms with Crippen LogP contribution in [0.5, 0.6) is 0 Å². The Labute approximate surface area is 86.9 Å². The van der Waals surface area contributed by atoms with Gasteiger partial charge in [-0.1, -0.05) is 12.2 Å². The van der Waals surface area contributed by atoms with Crippen molar-refractivity contribution >= 4 is 33.9 Å². The van der Waals surface area contributed by atoms with Crippen LogP contribution in [0.1, 0.15) is 12.2 Å². The molecule has 0 fully saturated rings. The number of hydrogen-bond acceptors (Lipinski definition) is 5. The van der Waals surface area contributed by atoms with Gasteiger partial charge in [-0.3, -0.25) is 0 Å². The molecule has 1 aromatic rings. The first-order valence-corrected chi connectivity index (χ1v) is 5.07. The van der Waals surface area contributed by atoms with Crippen LogP contribution in [-0.2, 0) is 0 Å². The molecule has 13 heavy (non-hydrogen) atoms. The van der Waals surface area contributed by atoms with Crippen LogP contribution in [-0.4, -0.2) is 27.9 Å². The minimum atomic E-state index is 0.535. The number of hydrogen-bond donors (Lipinski definition) is 1. The maximum atomic E-state index is 5.40. The van der Waals surface area contributed by atoms with E-state index in [4.69, 9.17) is 18.0 Å². The van der Waals surface area contributed by atoms with E-state index in [-0.39, 0.29) is 0 Å². The molecule has 0 spiro atoms. The molecule has 0 radical (unpaired) electrons. The molecular formula is C7H12N4S2. The lowest BCUT2D eigenvalue weighted by atomic mass is 10.4. The fourth-order valence-electron chi connectivity index (χ4n) is 0.815. The summed E-state index contributed by atoms with van der Waals surface area (Å²) in [6.45, 7) is 2.67. The molecule has 4 nitrogen and oxygen atoms in total. The van der Waals surface area contributed by atoms with Gasteiger partial charge in [0.1, 0.15) is 5.82 Å². The van der Waals surface area contributed by atoms with Gasteiger partial charge in [-0.25, -0.2) is 4.98 Å². The highest BCUT2D eigenvalue weighted by Crippen LogP contribution is 2.14. The average molecular weight is 216 g/mol. The summed E-state index contributed by atoms with van der Waals surface area (Å²) in [5.41, 5.74) is 5.40. The smallest absolute Gasteiger partial charge is 0.204 e. The van der Waals surface area contributed by atoms with Crippen molar-refractivity contribution in [1.82, 2.24) is 9.36 Å². The Morgan fingerprint density at radius 2 is 2.38 bits per heavy atom. The van der Waals surface area contributed by atoms with E-state index in [2.05, 4.69) is 9.36 Å². The van der Waals surface area contributed by atoms with E-state index < -0.39 is 0 Å². The quantitative estimate of drug-likeness (QED) is 0.760. The second-order valence-electron chi connectivity index (χ2n) is 2.76. The van der Waals surface area contributed by atoms with Crippen molar-refractivity contribution in [2.24, 2.45) is 5.73 Å². The Morgan fingerprint density at radius 1 is 1.69 bits per heavy atom. The van der Waals surface area contributed by atoms with Crippen molar-refractivity contribution in [3.63, 3.8) is 0 Å². The van der Waals surface area contributed by atoms with Crippen LogP contribution < -0.4 is 10.6 Å². The molecule has 0 bridgehead atoms. The first-order chi connectivity index (χ1) is 6.09. The molecule has 0 atom stereocenters. The minimum Gasteiger partial charge on any atom is -0.393 e. The maximum absolute atomic E-state index is 5.40. The van der Waals surface area contributed by atoms with Crippen molar-refractivity contribution < 1.29 is 0 Å². The Balaban J connectivity index is 2.48. The lowest BCUT2D eigenvalue weighted by molar-refractivity contribution is 0.909. The van der Waals surface area contributed by atoms with Crippen molar-refractivity contribution in [2.45, 2.75) is 13.3 Å². The molecule has 72 valence electrons. The van der Waals surface area contributed by atoms with Crippen LogP contribution in [0.25, 0.3) is 0 Å². The third-order valence-corrected chi connectivity index (χ3v) is 2.66. The van der Waals surface area contributed by atoms with Gasteiger partial charge in [0, 0.05) is 31.5 Å². The van der Waals surface area contributed by atoms with Crippen LogP contribution in [0.15, 0.2) is 0 Å². The molecule has 1 aromatic heterocycles. The number of thiocarbonyl (C=S) groups is 1. The highest BCUT2D eigenvalue weighted by Gasteiger charge is 2.05. The van der Waals surface area contributed by atoms with Crippen molar-refractivity contribution in [1.29, 1.82) is 0 Å². The van der Waals surface area contributed by atoms with Crippen LogP contribution in [0.2, 0.25) is 0 Å². The molecule has 0 aromatic carbocycles. The van der Waals surface area contributed by atoms with E-state index in [1.165, 1.54) is 11.5 Å². The molecule has 0 aliphatic carbocycles. The van der Waals surface area contributed by atoms with Crippen molar-refractivity contribution in [3.05, 3.63) is 5.82 Å². The Kier molecular flexibility index (Phi) is 3.56. The summed E-state index contributed by atoms with van der Waals surface area (Å²) in [5.74, 6) is 0.808. The third-order valence-electron chi connectivity index (χ3n) is 1.54. The molecule has 0 unspecified atom stereocenters. The van der Waals surface area contributed by atoms with Gasteiger partial charge in [0.25, 0.3) is 0 Å². The van der Waals surface area contributed by atoms with Gasteiger partial charge in [0.05, 0.1) is 4.99 Å². The molecule has 0 amide bonds. The largest absolute Gasteiger partial charge is 0.393 e. The topological polar surface area (TPSA) is 55.0 Å². The fourth-order valence-corrected chi connectivity index (χ4v) is 1.56. The summed E-state index contributed by atoms with van der Waals surface area (Å²) in [6, 6.07) is 0. The molecule has 0 saturated carbocycles.